The van der Waals surface area contributed by atoms with Gasteiger partial charge in [0.15, 0.2) is 0 Å². The highest BCUT2D eigenvalue weighted by Gasteiger charge is 2.44. The van der Waals surface area contributed by atoms with E-state index in [0.717, 1.165) is 12.8 Å². The summed E-state index contributed by atoms with van der Waals surface area (Å²) < 4.78 is 0. The van der Waals surface area contributed by atoms with E-state index in [-0.39, 0.29) is 5.41 Å². The van der Waals surface area contributed by atoms with Crippen LogP contribution in [0.1, 0.15) is 77.6 Å². The maximum absolute atomic E-state index is 2.35. The molecule has 35 heavy (non-hydrogen) atoms. The first-order valence-electron chi connectivity index (χ1n) is 13.7. The van der Waals surface area contributed by atoms with Crippen molar-refractivity contribution in [3.05, 3.63) is 119 Å². The number of hydrogen-bond donors (Lipinski definition) is 0. The van der Waals surface area contributed by atoms with Gasteiger partial charge in [0.05, 0.1) is 0 Å². The molecule has 0 unspecified atom stereocenters. The Hall–Kier alpha value is -3.12. The lowest BCUT2D eigenvalue weighted by Crippen LogP contribution is -2.30. The molecule has 0 saturated carbocycles. The zero-order valence-electron chi connectivity index (χ0n) is 23.2. The minimum Gasteiger partial charge on any atom is -0.0683 e. The van der Waals surface area contributed by atoms with Crippen molar-refractivity contribution in [1.82, 2.24) is 0 Å². The molecular weight excluding hydrogens is 420 g/mol. The van der Waals surface area contributed by atoms with Crippen molar-refractivity contribution < 1.29 is 0 Å². The zero-order chi connectivity index (χ0) is 25.8. The van der Waals surface area contributed by atoms with E-state index in [9.17, 15) is 0 Å². The maximum atomic E-state index is 2.35. The molecule has 0 bridgehead atoms. The molecule has 0 saturated heterocycles. The van der Waals surface area contributed by atoms with E-state index < -0.39 is 0 Å². The largest absolute Gasteiger partial charge is 0.0683 e. The molecule has 2 aliphatic rings. The lowest BCUT2D eigenvalue weighted by Gasteiger charge is -2.31. The number of fused-ring (bicyclic) bond motifs is 8. The van der Waals surface area contributed by atoms with Gasteiger partial charge >= 0.3 is 0 Å². The molecule has 0 heteroatoms. The van der Waals surface area contributed by atoms with Gasteiger partial charge in [0, 0.05) is 5.41 Å². The fourth-order valence-corrected chi connectivity index (χ4v) is 5.38. The lowest BCUT2D eigenvalue weighted by molar-refractivity contribution is 0.525. The molecule has 0 atom stereocenters. The van der Waals surface area contributed by atoms with Crippen LogP contribution in [0.3, 0.4) is 0 Å². The Morgan fingerprint density at radius 1 is 0.371 bits per heavy atom. The smallest absolute Gasteiger partial charge is 0.0296 e. The van der Waals surface area contributed by atoms with Gasteiger partial charge in [-0.2, -0.15) is 0 Å². The highest BCUT2D eigenvalue weighted by atomic mass is 14.5. The Bertz CT molecular complexity index is 1070. The van der Waals surface area contributed by atoms with Crippen molar-refractivity contribution in [2.75, 3.05) is 0 Å². The van der Waals surface area contributed by atoms with Crippen LogP contribution in [0.25, 0.3) is 22.3 Å². The van der Waals surface area contributed by atoms with E-state index in [2.05, 4.69) is 97.1 Å². The summed E-state index contributed by atoms with van der Waals surface area (Å²) in [4.78, 5) is 0. The first-order chi connectivity index (χ1) is 17.4. The van der Waals surface area contributed by atoms with Crippen molar-refractivity contribution in [2.24, 2.45) is 0 Å². The Labute approximate surface area is 215 Å². The quantitative estimate of drug-likeness (QED) is 0.243. The topological polar surface area (TPSA) is 0 Å². The molecule has 0 N–H and O–H groups in total. The summed E-state index contributed by atoms with van der Waals surface area (Å²) in [5.41, 5.74) is 11.5. The average Bonchev–Trinajstić information content (AvgIpc) is 3.13. The highest BCUT2D eigenvalue weighted by Crippen LogP contribution is 2.54. The molecule has 6 rings (SSSR count). The number of rotatable bonds is 0. The molecule has 184 valence electrons. The summed E-state index contributed by atoms with van der Waals surface area (Å²) in [7, 11) is 0. The summed E-state index contributed by atoms with van der Waals surface area (Å²) in [6, 6.07) is 36.0. The van der Waals surface area contributed by atoms with Crippen LogP contribution in [0.2, 0.25) is 0 Å². The first kappa shape index (κ1) is 28.1. The average molecular weight is 465 g/mol. The monoisotopic (exact) mass is 464 g/mol. The molecule has 1 spiro atoms. The molecular formula is C35H44. The van der Waals surface area contributed by atoms with Crippen LogP contribution in [-0.4, -0.2) is 0 Å². The summed E-state index contributed by atoms with van der Waals surface area (Å²) in [5.74, 6) is 0. The lowest BCUT2D eigenvalue weighted by atomic mass is 9.70. The molecule has 4 aromatic rings. The molecule has 0 aliphatic heterocycles. The Balaban J connectivity index is 0.000000495. The van der Waals surface area contributed by atoms with Crippen molar-refractivity contribution in [3.63, 3.8) is 0 Å². The van der Waals surface area contributed by atoms with E-state index >= 15 is 0 Å². The minimum absolute atomic E-state index is 0.00981. The summed E-state index contributed by atoms with van der Waals surface area (Å²) in [5, 5.41) is 0. The van der Waals surface area contributed by atoms with E-state index in [1.54, 1.807) is 0 Å². The van der Waals surface area contributed by atoms with Gasteiger partial charge in [0.1, 0.15) is 0 Å². The molecule has 0 amide bonds. The SMILES string of the molecule is CC.CC.CC.CC.c1ccc2c(c1)CC1(Cc3ccccc3-2)c2ccccc2-c2ccccc21. The van der Waals surface area contributed by atoms with E-state index in [0.29, 0.717) is 0 Å². The fraction of sp³-hybridized carbons (Fsp3) is 0.314. The maximum Gasteiger partial charge on any atom is 0.0296 e. The fourth-order valence-electron chi connectivity index (χ4n) is 5.38. The number of hydrogen-bond acceptors (Lipinski definition) is 0. The van der Waals surface area contributed by atoms with Crippen molar-refractivity contribution in [3.8, 4) is 22.3 Å². The third-order valence-corrected chi connectivity index (χ3v) is 6.48. The molecule has 0 fully saturated rings. The molecule has 0 aromatic heterocycles. The van der Waals surface area contributed by atoms with Gasteiger partial charge in [-0.3, -0.25) is 0 Å². The van der Waals surface area contributed by atoms with Crippen LogP contribution in [0.5, 0.6) is 0 Å². The predicted molar refractivity (Wildman–Crippen MR) is 157 cm³/mol. The second kappa shape index (κ2) is 13.7. The molecule has 0 nitrogen and oxygen atoms in total. The Morgan fingerprint density at radius 2 is 0.657 bits per heavy atom. The minimum atomic E-state index is 0.00981. The van der Waals surface area contributed by atoms with Crippen molar-refractivity contribution in [1.29, 1.82) is 0 Å². The van der Waals surface area contributed by atoms with Gasteiger partial charge in [0.25, 0.3) is 0 Å². The van der Waals surface area contributed by atoms with Gasteiger partial charge in [-0.1, -0.05) is 152 Å². The van der Waals surface area contributed by atoms with Gasteiger partial charge in [-0.15, -0.1) is 0 Å². The first-order valence-corrected chi connectivity index (χ1v) is 13.7. The van der Waals surface area contributed by atoms with Crippen molar-refractivity contribution >= 4 is 0 Å². The summed E-state index contributed by atoms with van der Waals surface area (Å²) >= 11 is 0. The molecule has 4 aromatic carbocycles. The zero-order valence-corrected chi connectivity index (χ0v) is 23.2. The standard InChI is InChI=1S/C27H20.4C2H6/c1-3-11-21-19(9-1)17-27(18-20-10-2-4-12-22(20)21)25-15-7-5-13-23(25)24-14-6-8-16-26(24)27;4*1-2/h1-16H,17-18H2;4*1-2H3. The second-order valence-electron chi connectivity index (χ2n) is 7.84. The Kier molecular flexibility index (Phi) is 11.0. The molecule has 0 radical (unpaired) electrons. The highest BCUT2D eigenvalue weighted by molar-refractivity contribution is 5.83. The van der Waals surface area contributed by atoms with Gasteiger partial charge in [-0.25, -0.2) is 0 Å². The van der Waals surface area contributed by atoms with Gasteiger partial charge in [-0.05, 0) is 57.3 Å². The third kappa shape index (κ3) is 5.13. The third-order valence-electron chi connectivity index (χ3n) is 6.48. The van der Waals surface area contributed by atoms with Crippen LogP contribution < -0.4 is 0 Å². The molecule has 2 aliphatic carbocycles. The van der Waals surface area contributed by atoms with Crippen LogP contribution >= 0.6 is 0 Å². The second-order valence-corrected chi connectivity index (χ2v) is 7.84. The van der Waals surface area contributed by atoms with Crippen LogP contribution in [0, 0.1) is 0 Å². The summed E-state index contributed by atoms with van der Waals surface area (Å²) in [6.45, 7) is 16.0. The summed E-state index contributed by atoms with van der Waals surface area (Å²) in [6.07, 6.45) is 2.09. The van der Waals surface area contributed by atoms with Crippen LogP contribution in [-0.2, 0) is 18.3 Å². The van der Waals surface area contributed by atoms with Gasteiger partial charge < -0.3 is 0 Å². The number of benzene rings is 4. The van der Waals surface area contributed by atoms with E-state index in [1.165, 1.54) is 44.5 Å². The van der Waals surface area contributed by atoms with E-state index in [4.69, 9.17) is 0 Å². The molecule has 0 heterocycles. The van der Waals surface area contributed by atoms with Crippen LogP contribution in [0.4, 0.5) is 0 Å². The van der Waals surface area contributed by atoms with Gasteiger partial charge in [0.2, 0.25) is 0 Å². The van der Waals surface area contributed by atoms with Crippen LogP contribution in [0.15, 0.2) is 97.1 Å². The predicted octanol–water partition coefficient (Wildman–Crippen LogP) is 10.5. The Morgan fingerprint density at radius 3 is 1.03 bits per heavy atom. The van der Waals surface area contributed by atoms with Crippen molar-refractivity contribution in [2.45, 2.75) is 73.6 Å². The van der Waals surface area contributed by atoms with E-state index in [1.807, 2.05) is 55.4 Å². The normalized spacial score (nSPS) is 12.6.